The van der Waals surface area contributed by atoms with Crippen molar-refractivity contribution in [2.24, 2.45) is 5.92 Å². The van der Waals surface area contributed by atoms with E-state index in [1.165, 1.54) is 12.1 Å². The van der Waals surface area contributed by atoms with Gasteiger partial charge in [-0.2, -0.15) is 13.2 Å². The molecule has 0 atom stereocenters. The maximum atomic E-state index is 12.6. The highest BCUT2D eigenvalue weighted by atomic mass is 19.4. The second kappa shape index (κ2) is 7.50. The van der Waals surface area contributed by atoms with Crippen molar-refractivity contribution in [1.29, 1.82) is 0 Å². The molecule has 2 rings (SSSR count). The van der Waals surface area contributed by atoms with Crippen LogP contribution in [0.5, 0.6) is 0 Å². The van der Waals surface area contributed by atoms with Gasteiger partial charge in [0.2, 0.25) is 5.95 Å². The summed E-state index contributed by atoms with van der Waals surface area (Å²) >= 11 is 0. The fourth-order valence-electron chi connectivity index (χ4n) is 2.00. The van der Waals surface area contributed by atoms with Gasteiger partial charge >= 0.3 is 6.18 Å². The molecule has 25 heavy (non-hydrogen) atoms. The van der Waals surface area contributed by atoms with Crippen molar-refractivity contribution in [3.8, 4) is 0 Å². The van der Waals surface area contributed by atoms with Crippen molar-refractivity contribution < 1.29 is 18.0 Å². The van der Waals surface area contributed by atoms with E-state index in [1.807, 2.05) is 13.8 Å². The summed E-state index contributed by atoms with van der Waals surface area (Å²) in [5, 5.41) is 5.57. The fourth-order valence-corrected chi connectivity index (χ4v) is 2.00. The Kier molecular flexibility index (Phi) is 5.61. The van der Waals surface area contributed by atoms with E-state index in [0.717, 1.165) is 12.1 Å². The monoisotopic (exact) mass is 352 g/mol. The average Bonchev–Trinajstić information content (AvgIpc) is 2.51. The minimum absolute atomic E-state index is 0.148. The van der Waals surface area contributed by atoms with Crippen LogP contribution in [-0.4, -0.2) is 22.4 Å². The molecule has 0 spiro atoms. The van der Waals surface area contributed by atoms with Gasteiger partial charge < -0.3 is 10.6 Å². The molecule has 0 aliphatic rings. The number of nitrogens with zero attached hydrogens (tertiary/aromatic N) is 2. The first-order valence-corrected chi connectivity index (χ1v) is 7.73. The highest BCUT2D eigenvalue weighted by molar-refractivity contribution is 5.92. The summed E-state index contributed by atoms with van der Waals surface area (Å²) in [6.07, 6.45) is -4.39. The minimum Gasteiger partial charge on any atom is -0.350 e. The number of aromatic nitrogens is 2. The predicted octanol–water partition coefficient (Wildman–Crippen LogP) is 3.93. The number of amides is 1. The number of nitrogens with one attached hydrogen (secondary N) is 2. The topological polar surface area (TPSA) is 66.9 Å². The molecule has 1 aromatic carbocycles. The number of hydrogen-bond acceptors (Lipinski definition) is 4. The van der Waals surface area contributed by atoms with Crippen LogP contribution in [0.25, 0.3) is 0 Å². The zero-order valence-corrected chi connectivity index (χ0v) is 14.1. The van der Waals surface area contributed by atoms with Gasteiger partial charge in [0.15, 0.2) is 0 Å². The van der Waals surface area contributed by atoms with Crippen molar-refractivity contribution in [3.05, 3.63) is 47.3 Å². The Labute approximate surface area is 143 Å². The molecule has 1 aromatic heterocycles. The molecule has 0 aliphatic carbocycles. The fraction of sp³-hybridized carbons (Fsp3) is 0.353. The Morgan fingerprint density at radius 2 is 1.80 bits per heavy atom. The van der Waals surface area contributed by atoms with Crippen molar-refractivity contribution >= 4 is 17.5 Å². The quantitative estimate of drug-likeness (QED) is 0.856. The van der Waals surface area contributed by atoms with E-state index < -0.39 is 11.7 Å². The van der Waals surface area contributed by atoms with Crippen LogP contribution in [0.2, 0.25) is 0 Å². The lowest BCUT2D eigenvalue weighted by molar-refractivity contribution is -0.137. The molecular weight excluding hydrogens is 333 g/mol. The van der Waals surface area contributed by atoms with Gasteiger partial charge in [0, 0.05) is 17.9 Å². The summed E-state index contributed by atoms with van der Waals surface area (Å²) in [5.41, 5.74) is 0.422. The predicted molar refractivity (Wildman–Crippen MR) is 88.7 cm³/mol. The molecule has 0 aliphatic heterocycles. The highest BCUT2D eigenvalue weighted by Crippen LogP contribution is 2.30. The SMILES string of the molecule is Cc1cc(C(=O)NCC(C)C)nc(Nc2ccc(C(F)(F)F)cc2)n1. The summed E-state index contributed by atoms with van der Waals surface area (Å²) in [7, 11) is 0. The van der Waals surface area contributed by atoms with E-state index in [2.05, 4.69) is 20.6 Å². The normalized spacial score (nSPS) is 11.5. The van der Waals surface area contributed by atoms with Crippen molar-refractivity contribution in [2.45, 2.75) is 26.9 Å². The number of aryl methyl sites for hydroxylation is 1. The Balaban J connectivity index is 2.16. The Hall–Kier alpha value is -2.64. The maximum Gasteiger partial charge on any atom is 0.416 e. The first-order chi connectivity index (χ1) is 11.6. The van der Waals surface area contributed by atoms with Crippen molar-refractivity contribution in [3.63, 3.8) is 0 Å². The van der Waals surface area contributed by atoms with E-state index in [9.17, 15) is 18.0 Å². The van der Waals surface area contributed by atoms with Crippen LogP contribution in [-0.2, 0) is 6.18 Å². The molecule has 0 unspecified atom stereocenters. The summed E-state index contributed by atoms with van der Waals surface area (Å²) in [6.45, 7) is 6.18. The molecule has 1 amide bonds. The molecule has 8 heteroatoms. The van der Waals surface area contributed by atoms with E-state index >= 15 is 0 Å². The summed E-state index contributed by atoms with van der Waals surface area (Å²) in [4.78, 5) is 20.4. The molecule has 0 saturated carbocycles. The highest BCUT2D eigenvalue weighted by Gasteiger charge is 2.29. The van der Waals surface area contributed by atoms with Crippen LogP contribution in [0.15, 0.2) is 30.3 Å². The molecule has 0 saturated heterocycles. The van der Waals surface area contributed by atoms with E-state index in [1.54, 1.807) is 13.0 Å². The molecular formula is C17H19F3N4O. The number of alkyl halides is 3. The molecule has 2 N–H and O–H groups in total. The number of anilines is 2. The Morgan fingerprint density at radius 1 is 1.16 bits per heavy atom. The maximum absolute atomic E-state index is 12.6. The third-order valence-corrected chi connectivity index (χ3v) is 3.23. The molecule has 5 nitrogen and oxygen atoms in total. The Bertz CT molecular complexity index is 743. The molecule has 2 aromatic rings. The molecule has 0 bridgehead atoms. The first-order valence-electron chi connectivity index (χ1n) is 7.73. The number of carbonyl (C=O) groups is 1. The first kappa shape index (κ1) is 18.7. The van der Waals surface area contributed by atoms with Crippen molar-refractivity contribution in [1.82, 2.24) is 15.3 Å². The lowest BCUT2D eigenvalue weighted by Crippen LogP contribution is -2.28. The second-order valence-corrected chi connectivity index (χ2v) is 6.02. The molecule has 0 fully saturated rings. The van der Waals surface area contributed by atoms with Crippen LogP contribution >= 0.6 is 0 Å². The van der Waals surface area contributed by atoms with Gasteiger partial charge in [-0.25, -0.2) is 9.97 Å². The number of carbonyl (C=O) groups excluding carboxylic acids is 1. The number of rotatable bonds is 5. The van der Waals surface area contributed by atoms with Gasteiger partial charge in [0.25, 0.3) is 5.91 Å². The smallest absolute Gasteiger partial charge is 0.350 e. The summed E-state index contributed by atoms with van der Waals surface area (Å²) in [6, 6.07) is 6.05. The number of halogens is 3. The molecule has 1 heterocycles. The average molecular weight is 352 g/mol. The Morgan fingerprint density at radius 3 is 2.36 bits per heavy atom. The number of hydrogen-bond donors (Lipinski definition) is 2. The number of benzene rings is 1. The van der Waals surface area contributed by atoms with Crippen LogP contribution in [0.3, 0.4) is 0 Å². The molecule has 134 valence electrons. The minimum atomic E-state index is -4.39. The van der Waals surface area contributed by atoms with Gasteiger partial charge in [0.1, 0.15) is 5.69 Å². The lowest BCUT2D eigenvalue weighted by Gasteiger charge is -2.11. The zero-order valence-electron chi connectivity index (χ0n) is 14.1. The largest absolute Gasteiger partial charge is 0.416 e. The lowest BCUT2D eigenvalue weighted by atomic mass is 10.2. The van der Waals surface area contributed by atoms with E-state index in [0.29, 0.717) is 23.8 Å². The second-order valence-electron chi connectivity index (χ2n) is 6.02. The van der Waals surface area contributed by atoms with Crippen LogP contribution in [0.1, 0.15) is 35.6 Å². The van der Waals surface area contributed by atoms with Crippen LogP contribution in [0, 0.1) is 12.8 Å². The van der Waals surface area contributed by atoms with Gasteiger partial charge in [0.05, 0.1) is 5.56 Å². The third-order valence-electron chi connectivity index (χ3n) is 3.23. The van der Waals surface area contributed by atoms with Gasteiger partial charge in [-0.05, 0) is 43.2 Å². The summed E-state index contributed by atoms with van der Waals surface area (Å²) in [5.74, 6) is 0.126. The van der Waals surface area contributed by atoms with Crippen LogP contribution in [0.4, 0.5) is 24.8 Å². The van der Waals surface area contributed by atoms with Crippen molar-refractivity contribution in [2.75, 3.05) is 11.9 Å². The van der Waals surface area contributed by atoms with E-state index in [4.69, 9.17) is 0 Å². The van der Waals surface area contributed by atoms with Gasteiger partial charge in [-0.3, -0.25) is 4.79 Å². The van der Waals surface area contributed by atoms with E-state index in [-0.39, 0.29) is 17.5 Å². The molecule has 0 radical (unpaired) electrons. The van der Waals surface area contributed by atoms with Crippen LogP contribution < -0.4 is 10.6 Å². The standard InChI is InChI=1S/C17H19F3N4O/c1-10(2)9-21-15(25)14-8-11(3)22-16(24-14)23-13-6-4-12(5-7-13)17(18,19)20/h4-8,10H,9H2,1-3H3,(H,21,25)(H,22,23,24). The third kappa shape index (κ3) is 5.44. The van der Waals surface area contributed by atoms with Gasteiger partial charge in [-0.1, -0.05) is 13.8 Å². The summed E-state index contributed by atoms with van der Waals surface area (Å²) < 4.78 is 37.7. The van der Waals surface area contributed by atoms with Gasteiger partial charge in [-0.15, -0.1) is 0 Å². The zero-order chi connectivity index (χ0) is 18.6.